The summed E-state index contributed by atoms with van der Waals surface area (Å²) in [5.74, 6) is 0.879. The molecule has 0 aliphatic carbocycles. The van der Waals surface area contributed by atoms with E-state index in [1.807, 2.05) is 21.9 Å². The summed E-state index contributed by atoms with van der Waals surface area (Å²) in [6.45, 7) is 5.49. The second-order valence-corrected chi connectivity index (χ2v) is 10.1. The smallest absolute Gasteiger partial charge is 0.224 e. The van der Waals surface area contributed by atoms with Crippen LogP contribution in [0.15, 0.2) is 24.3 Å². The Bertz CT molecular complexity index is 889. The number of ether oxygens (including phenoxy) is 1. The highest BCUT2D eigenvalue weighted by molar-refractivity contribution is 6.30. The summed E-state index contributed by atoms with van der Waals surface area (Å²) < 4.78 is 6.28. The third-order valence-corrected chi connectivity index (χ3v) is 7.40. The number of likely N-dealkylation sites (N-methyl/N-ethyl adjacent to an activating group) is 1. The highest BCUT2D eigenvalue weighted by atomic mass is 35.5. The summed E-state index contributed by atoms with van der Waals surface area (Å²) in [4.78, 5) is 45.7. The quantitative estimate of drug-likeness (QED) is 0.585. The maximum absolute atomic E-state index is 13.1. The fourth-order valence-corrected chi connectivity index (χ4v) is 5.22. The van der Waals surface area contributed by atoms with Gasteiger partial charge in [0.05, 0.1) is 0 Å². The highest BCUT2D eigenvalue weighted by Gasteiger charge is 2.36. The lowest BCUT2D eigenvalue weighted by molar-refractivity contribution is -0.140. The second-order valence-electron chi connectivity index (χ2n) is 9.62. The first-order chi connectivity index (χ1) is 16.4. The summed E-state index contributed by atoms with van der Waals surface area (Å²) in [6.07, 6.45) is 2.61. The Morgan fingerprint density at radius 1 is 1.06 bits per heavy atom. The first kappa shape index (κ1) is 24.8. The number of piperidine rings is 1. The monoisotopic (exact) mass is 490 g/mol. The molecule has 3 aliphatic rings. The van der Waals surface area contributed by atoms with E-state index in [0.717, 1.165) is 39.1 Å². The molecule has 3 amide bonds. The fraction of sp³-hybridized carbons (Fsp3) is 0.640. The molecule has 8 nitrogen and oxygen atoms in total. The molecule has 0 aromatic heterocycles. The standard InChI is InChI=1S/C25H35ClN4O4/c1-27-12-14-29(15-13-27)25(33)16-19-18-30(24(32)8-11-28-9-3-6-23(28)31)10-7-22(19)34-21-5-2-4-20(26)17-21/h2,4-5,17,19,22H,3,6-16,18H2,1H3/t19-,22-/m0/s1. The number of hydrogen-bond donors (Lipinski definition) is 0. The van der Waals surface area contributed by atoms with Gasteiger partial charge in [-0.15, -0.1) is 0 Å². The average Bonchev–Trinajstić information content (AvgIpc) is 3.23. The number of halogens is 1. The average molecular weight is 491 g/mol. The van der Waals surface area contributed by atoms with Gasteiger partial charge in [0.25, 0.3) is 0 Å². The van der Waals surface area contributed by atoms with Crippen LogP contribution < -0.4 is 4.74 Å². The van der Waals surface area contributed by atoms with Crippen molar-refractivity contribution in [1.82, 2.24) is 19.6 Å². The molecule has 34 heavy (non-hydrogen) atoms. The Kier molecular flexibility index (Phi) is 8.32. The molecule has 1 aromatic rings. The molecule has 0 bridgehead atoms. The lowest BCUT2D eigenvalue weighted by atomic mass is 9.90. The summed E-state index contributed by atoms with van der Waals surface area (Å²) >= 11 is 6.13. The summed E-state index contributed by atoms with van der Waals surface area (Å²) in [7, 11) is 2.07. The molecule has 3 aliphatic heterocycles. The number of carbonyl (C=O) groups is 3. The van der Waals surface area contributed by atoms with Crippen molar-refractivity contribution in [2.24, 2.45) is 5.92 Å². The topological polar surface area (TPSA) is 73.4 Å². The first-order valence-electron chi connectivity index (χ1n) is 12.3. The molecule has 0 unspecified atom stereocenters. The maximum atomic E-state index is 13.1. The lowest BCUT2D eigenvalue weighted by Crippen LogP contribution is -2.52. The van der Waals surface area contributed by atoms with Gasteiger partial charge < -0.3 is 24.3 Å². The van der Waals surface area contributed by atoms with E-state index in [0.29, 0.717) is 56.1 Å². The number of likely N-dealkylation sites (tertiary alicyclic amines) is 2. The normalized spacial score (nSPS) is 23.9. The maximum Gasteiger partial charge on any atom is 0.224 e. The van der Waals surface area contributed by atoms with Gasteiger partial charge in [0.1, 0.15) is 11.9 Å². The van der Waals surface area contributed by atoms with Crippen molar-refractivity contribution >= 4 is 29.3 Å². The van der Waals surface area contributed by atoms with Gasteiger partial charge in [0.2, 0.25) is 17.7 Å². The van der Waals surface area contributed by atoms with Gasteiger partial charge in [-0.25, -0.2) is 0 Å². The zero-order chi connectivity index (χ0) is 24.1. The van der Waals surface area contributed by atoms with Crippen LogP contribution in [0.25, 0.3) is 0 Å². The zero-order valence-electron chi connectivity index (χ0n) is 20.0. The molecule has 3 heterocycles. The SMILES string of the molecule is CN1CCN(C(=O)C[C@H]2CN(C(=O)CCN3CCCC3=O)CC[C@@H]2Oc2cccc(Cl)c2)CC1. The Morgan fingerprint density at radius 3 is 2.56 bits per heavy atom. The lowest BCUT2D eigenvalue weighted by Gasteiger charge is -2.40. The number of rotatable bonds is 7. The van der Waals surface area contributed by atoms with Crippen LogP contribution in [0.2, 0.25) is 5.02 Å². The minimum atomic E-state index is -0.168. The van der Waals surface area contributed by atoms with Crippen molar-refractivity contribution in [3.63, 3.8) is 0 Å². The van der Waals surface area contributed by atoms with E-state index in [2.05, 4.69) is 11.9 Å². The second kappa shape index (κ2) is 11.4. The number of hydrogen-bond acceptors (Lipinski definition) is 5. The van der Waals surface area contributed by atoms with Crippen LogP contribution in [0.3, 0.4) is 0 Å². The molecule has 9 heteroatoms. The summed E-state index contributed by atoms with van der Waals surface area (Å²) in [5, 5.41) is 0.603. The predicted octanol–water partition coefficient (Wildman–Crippen LogP) is 2.11. The van der Waals surface area contributed by atoms with Gasteiger partial charge in [-0.05, 0) is 31.7 Å². The van der Waals surface area contributed by atoms with E-state index in [1.165, 1.54) is 0 Å². The number of nitrogens with zero attached hydrogens (tertiary/aromatic N) is 4. The van der Waals surface area contributed by atoms with E-state index < -0.39 is 0 Å². The Balaban J connectivity index is 1.39. The first-order valence-corrected chi connectivity index (χ1v) is 12.7. The summed E-state index contributed by atoms with van der Waals surface area (Å²) in [5.41, 5.74) is 0. The molecule has 4 rings (SSSR count). The van der Waals surface area contributed by atoms with Crippen molar-refractivity contribution in [3.05, 3.63) is 29.3 Å². The van der Waals surface area contributed by atoms with Crippen LogP contribution in [-0.4, -0.2) is 103 Å². The van der Waals surface area contributed by atoms with E-state index in [-0.39, 0.29) is 29.7 Å². The van der Waals surface area contributed by atoms with Gasteiger partial charge in [0.15, 0.2) is 0 Å². The van der Waals surface area contributed by atoms with Crippen molar-refractivity contribution in [2.75, 3.05) is 59.4 Å². The van der Waals surface area contributed by atoms with E-state index in [9.17, 15) is 14.4 Å². The van der Waals surface area contributed by atoms with Gasteiger partial charge in [-0.3, -0.25) is 14.4 Å². The number of amides is 3. The van der Waals surface area contributed by atoms with Crippen LogP contribution in [0, 0.1) is 5.92 Å². The summed E-state index contributed by atoms with van der Waals surface area (Å²) in [6, 6.07) is 7.30. The van der Waals surface area contributed by atoms with Crippen LogP contribution in [0.1, 0.15) is 32.1 Å². The Morgan fingerprint density at radius 2 is 1.85 bits per heavy atom. The molecular weight excluding hydrogens is 456 g/mol. The molecule has 3 fully saturated rings. The van der Waals surface area contributed by atoms with Gasteiger partial charge in [-0.2, -0.15) is 0 Å². The van der Waals surface area contributed by atoms with Crippen LogP contribution >= 0.6 is 11.6 Å². The number of piperazine rings is 1. The molecule has 0 radical (unpaired) electrons. The van der Waals surface area contributed by atoms with E-state index in [1.54, 1.807) is 17.0 Å². The van der Waals surface area contributed by atoms with Crippen molar-refractivity contribution in [3.8, 4) is 5.75 Å². The van der Waals surface area contributed by atoms with Crippen molar-refractivity contribution in [2.45, 2.75) is 38.2 Å². The van der Waals surface area contributed by atoms with Gasteiger partial charge >= 0.3 is 0 Å². The van der Waals surface area contributed by atoms with Crippen molar-refractivity contribution in [1.29, 1.82) is 0 Å². The Hall–Kier alpha value is -2.32. The minimum absolute atomic E-state index is 0.0398. The Labute approximate surface area is 206 Å². The molecule has 3 saturated heterocycles. The zero-order valence-corrected chi connectivity index (χ0v) is 20.7. The molecule has 0 saturated carbocycles. The predicted molar refractivity (Wildman–Crippen MR) is 130 cm³/mol. The highest BCUT2D eigenvalue weighted by Crippen LogP contribution is 2.28. The molecule has 0 N–H and O–H groups in total. The fourth-order valence-electron chi connectivity index (χ4n) is 5.04. The van der Waals surface area contributed by atoms with Crippen LogP contribution in [0.4, 0.5) is 0 Å². The van der Waals surface area contributed by atoms with E-state index in [4.69, 9.17) is 16.3 Å². The number of benzene rings is 1. The third kappa shape index (κ3) is 6.42. The van der Waals surface area contributed by atoms with Crippen molar-refractivity contribution < 1.29 is 19.1 Å². The molecule has 186 valence electrons. The van der Waals surface area contributed by atoms with Gasteiger partial charge in [0, 0.05) is 89.0 Å². The molecule has 0 spiro atoms. The third-order valence-electron chi connectivity index (χ3n) is 7.16. The van der Waals surface area contributed by atoms with Crippen LogP contribution in [-0.2, 0) is 14.4 Å². The van der Waals surface area contributed by atoms with Gasteiger partial charge in [-0.1, -0.05) is 17.7 Å². The largest absolute Gasteiger partial charge is 0.490 e. The molecular formula is C25H35ClN4O4. The van der Waals surface area contributed by atoms with Crippen LogP contribution in [0.5, 0.6) is 5.75 Å². The number of carbonyl (C=O) groups excluding carboxylic acids is 3. The molecule has 1 aromatic carbocycles. The minimum Gasteiger partial charge on any atom is -0.490 e. The molecule has 2 atom stereocenters. The van der Waals surface area contributed by atoms with E-state index >= 15 is 0 Å².